The number of nitrogens with zero attached hydrogens (tertiary/aromatic N) is 1. The van der Waals surface area contributed by atoms with Gasteiger partial charge in [-0.1, -0.05) is 57.2 Å². The van der Waals surface area contributed by atoms with Crippen LogP contribution in [0.15, 0.2) is 77.3 Å². The van der Waals surface area contributed by atoms with Gasteiger partial charge >= 0.3 is 0 Å². The number of aryl methyl sites for hydroxylation is 2. The van der Waals surface area contributed by atoms with Crippen LogP contribution in [-0.4, -0.2) is 4.98 Å². The molecule has 0 bridgehead atoms. The molecule has 0 amide bonds. The molecule has 2 nitrogen and oxygen atoms in total. The van der Waals surface area contributed by atoms with Gasteiger partial charge in [0.05, 0.1) is 10.4 Å². The second-order valence-corrected chi connectivity index (χ2v) is 11.2. The van der Waals surface area contributed by atoms with E-state index in [-0.39, 0.29) is 5.41 Å². The molecule has 0 fully saturated rings. The van der Waals surface area contributed by atoms with Crippen LogP contribution in [-0.2, 0) is 5.41 Å². The zero-order valence-corrected chi connectivity index (χ0v) is 21.0. The molecule has 3 heteroatoms. The Balaban J connectivity index is 1.58. The van der Waals surface area contributed by atoms with Crippen LogP contribution in [0.4, 0.5) is 0 Å². The molecule has 0 spiro atoms. The smallest absolute Gasteiger partial charge is 0.134 e. The summed E-state index contributed by atoms with van der Waals surface area (Å²) in [6.07, 6.45) is 1.95. The molecule has 3 aromatic carbocycles. The Hall–Kier alpha value is -3.43. The molecule has 0 saturated heterocycles. The lowest BCUT2D eigenvalue weighted by molar-refractivity contribution is 0.578. The molecular formula is C31H27NOS. The zero-order chi connectivity index (χ0) is 23.6. The van der Waals surface area contributed by atoms with Crippen molar-refractivity contribution in [3.8, 4) is 21.7 Å². The highest BCUT2D eigenvalue weighted by Gasteiger charge is 2.21. The highest BCUT2D eigenvalue weighted by atomic mass is 32.1. The molecule has 0 unspecified atom stereocenters. The molecule has 6 aromatic rings. The summed E-state index contributed by atoms with van der Waals surface area (Å²) in [5.74, 6) is 0.942. The molecule has 0 saturated carbocycles. The van der Waals surface area contributed by atoms with E-state index < -0.39 is 0 Å². The minimum absolute atomic E-state index is 0.0383. The van der Waals surface area contributed by atoms with Crippen LogP contribution in [0.2, 0.25) is 0 Å². The first-order valence-corrected chi connectivity index (χ1v) is 12.5. The number of pyridine rings is 1. The number of thiophene rings is 1. The van der Waals surface area contributed by atoms with Crippen molar-refractivity contribution in [1.29, 1.82) is 0 Å². The normalized spacial score (nSPS) is 12.3. The number of hydrogen-bond donors (Lipinski definition) is 0. The minimum Gasteiger partial charge on any atom is -0.461 e. The van der Waals surface area contributed by atoms with E-state index in [1.165, 1.54) is 48.0 Å². The first-order chi connectivity index (χ1) is 16.3. The summed E-state index contributed by atoms with van der Waals surface area (Å²) < 4.78 is 7.15. The van der Waals surface area contributed by atoms with Gasteiger partial charge in [0, 0.05) is 22.0 Å². The number of hydrogen-bond acceptors (Lipinski definition) is 3. The van der Waals surface area contributed by atoms with Crippen molar-refractivity contribution in [2.24, 2.45) is 0 Å². The van der Waals surface area contributed by atoms with Gasteiger partial charge in [0.15, 0.2) is 0 Å². The van der Waals surface area contributed by atoms with Crippen molar-refractivity contribution in [1.82, 2.24) is 4.98 Å². The summed E-state index contributed by atoms with van der Waals surface area (Å²) in [6.45, 7) is 11.1. The molecule has 0 aliphatic carbocycles. The van der Waals surface area contributed by atoms with Gasteiger partial charge in [-0.05, 0) is 82.4 Å². The van der Waals surface area contributed by atoms with E-state index in [1.54, 1.807) is 0 Å². The fraction of sp³-hybridized carbons (Fsp3) is 0.194. The van der Waals surface area contributed by atoms with E-state index in [4.69, 9.17) is 9.40 Å². The Bertz CT molecular complexity index is 1710. The molecule has 0 aliphatic rings. The topological polar surface area (TPSA) is 26.0 Å². The fourth-order valence-electron chi connectivity index (χ4n) is 5.00. The standard InChI is InChI=1S/C31H27NOS/c1-18-14-21-10-11-22(17-27(21)33-18)29-19(2)24-12-13-32-28(30(24)34-29)23-15-20-8-6-7-9-25(20)26(16-23)31(3,4)5/h6-17H,1-5H3. The molecule has 6 rings (SSSR count). The molecule has 0 radical (unpaired) electrons. The minimum atomic E-state index is 0.0383. The van der Waals surface area contributed by atoms with Gasteiger partial charge in [-0.15, -0.1) is 11.3 Å². The molecule has 0 atom stereocenters. The van der Waals surface area contributed by atoms with Crippen LogP contribution >= 0.6 is 11.3 Å². The Morgan fingerprint density at radius 1 is 0.794 bits per heavy atom. The van der Waals surface area contributed by atoms with E-state index in [0.717, 1.165) is 22.4 Å². The van der Waals surface area contributed by atoms with Gasteiger partial charge < -0.3 is 4.42 Å². The van der Waals surface area contributed by atoms with Crippen molar-refractivity contribution in [2.45, 2.75) is 40.0 Å². The van der Waals surface area contributed by atoms with E-state index in [0.29, 0.717) is 0 Å². The zero-order valence-electron chi connectivity index (χ0n) is 20.2. The molecule has 0 N–H and O–H groups in total. The van der Waals surface area contributed by atoms with Gasteiger partial charge in [0.1, 0.15) is 11.3 Å². The summed E-state index contributed by atoms with van der Waals surface area (Å²) in [5, 5.41) is 4.99. The third kappa shape index (κ3) is 3.35. The van der Waals surface area contributed by atoms with Crippen LogP contribution in [0.1, 0.15) is 37.7 Å². The maximum Gasteiger partial charge on any atom is 0.134 e. The first-order valence-electron chi connectivity index (χ1n) is 11.7. The lowest BCUT2D eigenvalue weighted by atomic mass is 9.82. The maximum absolute atomic E-state index is 5.92. The summed E-state index contributed by atoms with van der Waals surface area (Å²) in [6, 6.07) is 24.1. The van der Waals surface area contributed by atoms with Gasteiger partial charge in [-0.25, -0.2) is 0 Å². The fourth-order valence-corrected chi connectivity index (χ4v) is 6.31. The number of fused-ring (bicyclic) bond motifs is 3. The summed E-state index contributed by atoms with van der Waals surface area (Å²) >= 11 is 1.83. The molecule has 3 heterocycles. The number of benzene rings is 3. The van der Waals surface area contributed by atoms with Crippen molar-refractivity contribution < 1.29 is 4.42 Å². The van der Waals surface area contributed by atoms with Crippen LogP contribution in [0.3, 0.4) is 0 Å². The number of aromatic nitrogens is 1. The predicted molar refractivity (Wildman–Crippen MR) is 146 cm³/mol. The average molecular weight is 462 g/mol. The van der Waals surface area contributed by atoms with E-state index in [2.05, 4.69) is 94.4 Å². The van der Waals surface area contributed by atoms with Crippen LogP contribution < -0.4 is 0 Å². The maximum atomic E-state index is 5.92. The number of furan rings is 1. The van der Waals surface area contributed by atoms with Gasteiger partial charge in [0.25, 0.3) is 0 Å². The molecule has 34 heavy (non-hydrogen) atoms. The highest BCUT2D eigenvalue weighted by Crippen LogP contribution is 2.44. The second-order valence-electron chi connectivity index (χ2n) is 10.2. The molecule has 0 aliphatic heterocycles. The quantitative estimate of drug-likeness (QED) is 0.257. The molecule has 168 valence electrons. The predicted octanol–water partition coefficient (Wildman–Crippen LogP) is 9.44. The molecular weight excluding hydrogens is 434 g/mol. The third-order valence-corrected chi connectivity index (χ3v) is 8.07. The van der Waals surface area contributed by atoms with Crippen molar-refractivity contribution in [3.05, 3.63) is 89.8 Å². The van der Waals surface area contributed by atoms with Gasteiger partial charge in [-0.3, -0.25) is 4.98 Å². The third-order valence-electron chi connectivity index (χ3n) is 6.70. The highest BCUT2D eigenvalue weighted by molar-refractivity contribution is 7.23. The SMILES string of the molecule is Cc1cc2ccc(-c3sc4c(-c5cc(C(C)(C)C)c6ccccc6c5)nccc4c3C)cc2o1. The summed E-state index contributed by atoms with van der Waals surface area (Å²) in [5.41, 5.74) is 7.06. The van der Waals surface area contributed by atoms with Gasteiger partial charge in [0.2, 0.25) is 0 Å². The largest absolute Gasteiger partial charge is 0.461 e. The van der Waals surface area contributed by atoms with Crippen LogP contribution in [0.25, 0.3) is 53.5 Å². The van der Waals surface area contributed by atoms with E-state index >= 15 is 0 Å². The van der Waals surface area contributed by atoms with E-state index in [1.807, 2.05) is 24.5 Å². The van der Waals surface area contributed by atoms with Crippen molar-refractivity contribution in [2.75, 3.05) is 0 Å². The van der Waals surface area contributed by atoms with Crippen LogP contribution in [0, 0.1) is 13.8 Å². The van der Waals surface area contributed by atoms with Gasteiger partial charge in [-0.2, -0.15) is 0 Å². The Morgan fingerprint density at radius 3 is 2.44 bits per heavy atom. The van der Waals surface area contributed by atoms with E-state index in [9.17, 15) is 0 Å². The Kier molecular flexibility index (Phi) is 4.69. The lowest BCUT2D eigenvalue weighted by Crippen LogP contribution is -2.12. The molecule has 3 aromatic heterocycles. The van der Waals surface area contributed by atoms with Crippen molar-refractivity contribution >= 4 is 43.2 Å². The summed E-state index contributed by atoms with van der Waals surface area (Å²) in [4.78, 5) is 6.18. The van der Waals surface area contributed by atoms with Crippen molar-refractivity contribution in [3.63, 3.8) is 0 Å². The number of rotatable bonds is 2. The average Bonchev–Trinajstić information content (AvgIpc) is 3.36. The summed E-state index contributed by atoms with van der Waals surface area (Å²) in [7, 11) is 0. The monoisotopic (exact) mass is 461 g/mol. The van der Waals surface area contributed by atoms with Crippen LogP contribution in [0.5, 0.6) is 0 Å². The Labute approximate surface area is 203 Å². The first kappa shape index (κ1) is 21.1. The lowest BCUT2D eigenvalue weighted by Gasteiger charge is -2.22. The second kappa shape index (κ2) is 7.54. The Morgan fingerprint density at radius 2 is 1.62 bits per heavy atom.